The monoisotopic (exact) mass is 272 g/mol. The molecule has 2 aromatic rings. The van der Waals surface area contributed by atoms with E-state index in [9.17, 15) is 0 Å². The maximum Gasteiger partial charge on any atom is 0.237 e. The summed E-state index contributed by atoms with van der Waals surface area (Å²) in [5.74, 6) is 1.35. The molecule has 20 heavy (non-hydrogen) atoms. The Morgan fingerprint density at radius 3 is 2.60 bits per heavy atom. The smallest absolute Gasteiger partial charge is 0.237 e. The lowest BCUT2D eigenvalue weighted by atomic mass is 10.0. The number of hydrogen-bond donors (Lipinski definition) is 2. The van der Waals surface area contributed by atoms with Gasteiger partial charge in [-0.25, -0.2) is 9.97 Å². The quantitative estimate of drug-likeness (QED) is 0.386. The van der Waals surface area contributed by atoms with Gasteiger partial charge in [0.05, 0.1) is 12.4 Å². The molecule has 0 aliphatic carbocycles. The van der Waals surface area contributed by atoms with Crippen LogP contribution in [0.2, 0.25) is 0 Å². The van der Waals surface area contributed by atoms with Crippen molar-refractivity contribution in [2.75, 3.05) is 0 Å². The van der Waals surface area contributed by atoms with Gasteiger partial charge in [0.2, 0.25) is 5.88 Å². The van der Waals surface area contributed by atoms with Crippen molar-refractivity contribution in [3.05, 3.63) is 47.9 Å². The Balaban J connectivity index is 2.23. The first-order valence-electron chi connectivity index (χ1n) is 6.18. The molecule has 6 heteroatoms. The van der Waals surface area contributed by atoms with Crippen LogP contribution in [0, 0.1) is 0 Å². The zero-order chi connectivity index (χ0) is 14.5. The fourth-order valence-electron chi connectivity index (χ4n) is 1.72. The van der Waals surface area contributed by atoms with Crippen LogP contribution in [0.5, 0.6) is 11.6 Å². The van der Waals surface area contributed by atoms with Crippen molar-refractivity contribution < 1.29 is 9.94 Å². The second kappa shape index (κ2) is 6.01. The van der Waals surface area contributed by atoms with Gasteiger partial charge in [-0.2, -0.15) is 0 Å². The van der Waals surface area contributed by atoms with E-state index >= 15 is 0 Å². The number of aromatic nitrogens is 2. The highest BCUT2D eigenvalue weighted by atomic mass is 16.5. The molecular formula is C14H16N4O2. The third kappa shape index (κ3) is 3.03. The summed E-state index contributed by atoms with van der Waals surface area (Å²) in [6.45, 7) is 4.19. The van der Waals surface area contributed by atoms with Crippen LogP contribution in [-0.4, -0.2) is 21.0 Å². The lowest BCUT2D eigenvalue weighted by Gasteiger charge is -2.12. The zero-order valence-corrected chi connectivity index (χ0v) is 11.3. The molecule has 0 radical (unpaired) electrons. The van der Waals surface area contributed by atoms with Crippen LogP contribution in [0.1, 0.15) is 31.0 Å². The van der Waals surface area contributed by atoms with Crippen molar-refractivity contribution in [2.45, 2.75) is 19.8 Å². The second-order valence-corrected chi connectivity index (χ2v) is 4.52. The predicted octanol–water partition coefficient (Wildman–Crippen LogP) is 2.49. The Labute approximate surface area is 116 Å². The molecule has 0 fully saturated rings. The first-order chi connectivity index (χ1) is 9.61. The van der Waals surface area contributed by atoms with Crippen LogP contribution in [0.25, 0.3) is 0 Å². The SMILES string of the molecule is CC(C)c1ccccc1Oc1cnc(C(N)=NO)cn1. The first kappa shape index (κ1) is 13.8. The normalized spacial score (nSPS) is 11.7. The molecule has 1 aromatic carbocycles. The van der Waals surface area contributed by atoms with Gasteiger partial charge in [-0.3, -0.25) is 0 Å². The van der Waals surface area contributed by atoms with Gasteiger partial charge in [0.25, 0.3) is 0 Å². The molecule has 1 heterocycles. The molecule has 0 saturated heterocycles. The summed E-state index contributed by atoms with van der Waals surface area (Å²) >= 11 is 0. The summed E-state index contributed by atoms with van der Waals surface area (Å²) in [6.07, 6.45) is 2.83. The number of amidine groups is 1. The molecule has 6 nitrogen and oxygen atoms in total. The van der Waals surface area contributed by atoms with Gasteiger partial charge in [0, 0.05) is 0 Å². The number of nitrogens with two attached hydrogens (primary N) is 1. The lowest BCUT2D eigenvalue weighted by molar-refractivity contribution is 0.318. The van der Waals surface area contributed by atoms with Gasteiger partial charge in [-0.05, 0) is 17.5 Å². The summed E-state index contributed by atoms with van der Waals surface area (Å²) in [6, 6.07) is 7.77. The topological polar surface area (TPSA) is 93.6 Å². The van der Waals surface area contributed by atoms with Crippen molar-refractivity contribution in [2.24, 2.45) is 10.9 Å². The first-order valence-corrected chi connectivity index (χ1v) is 6.18. The van der Waals surface area contributed by atoms with Gasteiger partial charge >= 0.3 is 0 Å². The third-order valence-electron chi connectivity index (χ3n) is 2.75. The number of oxime groups is 1. The van der Waals surface area contributed by atoms with Crippen molar-refractivity contribution in [1.82, 2.24) is 9.97 Å². The average molecular weight is 272 g/mol. The van der Waals surface area contributed by atoms with Gasteiger partial charge < -0.3 is 15.7 Å². The molecule has 0 aliphatic rings. The van der Waals surface area contributed by atoms with Crippen LogP contribution in [0.3, 0.4) is 0 Å². The van der Waals surface area contributed by atoms with Crippen LogP contribution < -0.4 is 10.5 Å². The van der Waals surface area contributed by atoms with E-state index in [0.29, 0.717) is 11.8 Å². The molecule has 104 valence electrons. The summed E-state index contributed by atoms with van der Waals surface area (Å²) in [5, 5.41) is 11.4. The minimum absolute atomic E-state index is 0.0911. The van der Waals surface area contributed by atoms with E-state index in [-0.39, 0.29) is 11.5 Å². The zero-order valence-electron chi connectivity index (χ0n) is 11.3. The predicted molar refractivity (Wildman–Crippen MR) is 75.1 cm³/mol. The van der Waals surface area contributed by atoms with E-state index in [0.717, 1.165) is 11.3 Å². The van der Waals surface area contributed by atoms with Crippen molar-refractivity contribution in [3.8, 4) is 11.6 Å². The molecule has 1 aromatic heterocycles. The van der Waals surface area contributed by atoms with Gasteiger partial charge in [0.15, 0.2) is 5.84 Å². The van der Waals surface area contributed by atoms with E-state index in [1.165, 1.54) is 12.4 Å². The third-order valence-corrected chi connectivity index (χ3v) is 2.75. The van der Waals surface area contributed by atoms with Crippen molar-refractivity contribution in [1.29, 1.82) is 0 Å². The maximum atomic E-state index is 8.55. The molecule has 0 spiro atoms. The molecule has 0 bridgehead atoms. The Kier molecular flexibility index (Phi) is 4.14. The Morgan fingerprint density at radius 2 is 2.00 bits per heavy atom. The summed E-state index contributed by atoms with van der Waals surface area (Å²) < 4.78 is 5.72. The fourth-order valence-corrected chi connectivity index (χ4v) is 1.72. The number of para-hydroxylation sites is 1. The largest absolute Gasteiger partial charge is 0.437 e. The molecule has 0 saturated carbocycles. The van der Waals surface area contributed by atoms with Gasteiger partial charge in [0.1, 0.15) is 11.4 Å². The molecule has 3 N–H and O–H groups in total. The molecule has 0 unspecified atom stereocenters. The van der Waals surface area contributed by atoms with Gasteiger partial charge in [-0.1, -0.05) is 37.2 Å². The van der Waals surface area contributed by atoms with E-state index < -0.39 is 0 Å². The number of ether oxygens (including phenoxy) is 1. The fraction of sp³-hybridized carbons (Fsp3) is 0.214. The van der Waals surface area contributed by atoms with E-state index in [1.807, 2.05) is 24.3 Å². The number of benzene rings is 1. The van der Waals surface area contributed by atoms with Crippen molar-refractivity contribution in [3.63, 3.8) is 0 Å². The number of rotatable bonds is 4. The minimum atomic E-state index is -0.0911. The Bertz CT molecular complexity index is 609. The second-order valence-electron chi connectivity index (χ2n) is 4.52. The van der Waals surface area contributed by atoms with E-state index in [2.05, 4.69) is 29.0 Å². The highest BCUT2D eigenvalue weighted by Gasteiger charge is 2.09. The van der Waals surface area contributed by atoms with E-state index in [1.54, 1.807) is 0 Å². The van der Waals surface area contributed by atoms with E-state index in [4.69, 9.17) is 15.7 Å². The highest BCUT2D eigenvalue weighted by Crippen LogP contribution is 2.28. The standard InChI is InChI=1S/C14H16N4O2/c1-9(2)10-5-3-4-6-12(10)20-13-8-16-11(7-17-13)14(15)18-19/h3-9,19H,1-2H3,(H2,15,18). The van der Waals surface area contributed by atoms with Crippen LogP contribution in [0.4, 0.5) is 0 Å². The van der Waals surface area contributed by atoms with Crippen LogP contribution in [0.15, 0.2) is 41.8 Å². The average Bonchev–Trinajstić information content (AvgIpc) is 2.47. The molecule has 0 atom stereocenters. The molecule has 0 amide bonds. The van der Waals surface area contributed by atoms with Gasteiger partial charge in [-0.15, -0.1) is 0 Å². The summed E-state index contributed by atoms with van der Waals surface area (Å²) in [4.78, 5) is 8.10. The Hall–Kier alpha value is -2.63. The van der Waals surface area contributed by atoms with Crippen LogP contribution >= 0.6 is 0 Å². The molecule has 2 rings (SSSR count). The molecule has 0 aliphatic heterocycles. The summed E-state index contributed by atoms with van der Waals surface area (Å²) in [7, 11) is 0. The summed E-state index contributed by atoms with van der Waals surface area (Å²) in [5.41, 5.74) is 6.80. The lowest BCUT2D eigenvalue weighted by Crippen LogP contribution is -2.15. The van der Waals surface area contributed by atoms with Crippen LogP contribution in [-0.2, 0) is 0 Å². The maximum absolute atomic E-state index is 8.55. The number of nitrogens with zero attached hydrogens (tertiary/aromatic N) is 3. The van der Waals surface area contributed by atoms with Crippen molar-refractivity contribution >= 4 is 5.84 Å². The minimum Gasteiger partial charge on any atom is -0.437 e. The highest BCUT2D eigenvalue weighted by molar-refractivity contribution is 5.94. The molecular weight excluding hydrogens is 256 g/mol. The number of hydrogen-bond acceptors (Lipinski definition) is 5. The Morgan fingerprint density at radius 1 is 1.25 bits per heavy atom.